The molecule has 10 heteroatoms. The summed E-state index contributed by atoms with van der Waals surface area (Å²) in [4.78, 5) is 14.9. The Labute approximate surface area is 197 Å². The van der Waals surface area contributed by atoms with Crippen molar-refractivity contribution in [3.8, 4) is 17.2 Å². The second-order valence-electron chi connectivity index (χ2n) is 7.64. The quantitative estimate of drug-likeness (QED) is 0.467. The van der Waals surface area contributed by atoms with Crippen LogP contribution in [0.4, 0.5) is 10.1 Å². The Balaban J connectivity index is 1.86. The summed E-state index contributed by atoms with van der Waals surface area (Å²) in [6, 6.07) is 11.2. The molecule has 0 saturated carbocycles. The van der Waals surface area contributed by atoms with E-state index in [4.69, 9.17) is 9.47 Å². The fourth-order valence-corrected chi connectivity index (χ4v) is 3.90. The van der Waals surface area contributed by atoms with Crippen molar-refractivity contribution in [1.29, 1.82) is 0 Å². The number of hydrogen-bond donors (Lipinski definition) is 1. The Morgan fingerprint density at radius 3 is 2.21 bits per heavy atom. The first-order valence-electron chi connectivity index (χ1n) is 10.3. The largest absolute Gasteiger partial charge is 0.497 e. The van der Waals surface area contributed by atoms with Gasteiger partial charge in [-0.2, -0.15) is 0 Å². The first kappa shape index (κ1) is 24.5. The number of aromatic nitrogens is 3. The topological polar surface area (TPSA) is 81.5 Å². The van der Waals surface area contributed by atoms with Gasteiger partial charge in [0.05, 0.1) is 25.5 Å². The smallest absolute Gasteiger partial charge is 0.237 e. The highest BCUT2D eigenvalue weighted by Crippen LogP contribution is 2.31. The van der Waals surface area contributed by atoms with E-state index in [9.17, 15) is 9.18 Å². The highest BCUT2D eigenvalue weighted by molar-refractivity contribution is 8.00. The van der Waals surface area contributed by atoms with Crippen LogP contribution in [-0.2, 0) is 4.79 Å². The van der Waals surface area contributed by atoms with Gasteiger partial charge in [-0.05, 0) is 52.2 Å². The molecule has 1 amide bonds. The second-order valence-corrected chi connectivity index (χ2v) is 8.95. The number of hydrogen-bond acceptors (Lipinski definition) is 7. The van der Waals surface area contributed by atoms with Gasteiger partial charge in [0.1, 0.15) is 17.3 Å². The zero-order valence-corrected chi connectivity index (χ0v) is 20.3. The summed E-state index contributed by atoms with van der Waals surface area (Å²) in [7, 11) is 6.99. The highest BCUT2D eigenvalue weighted by atomic mass is 32.2. The number of carbonyl (C=O) groups is 1. The van der Waals surface area contributed by atoms with Crippen LogP contribution >= 0.6 is 11.8 Å². The Morgan fingerprint density at radius 2 is 1.67 bits per heavy atom. The molecule has 0 bridgehead atoms. The molecule has 2 aromatic carbocycles. The predicted octanol–water partition coefficient (Wildman–Crippen LogP) is 4.17. The molecule has 1 aromatic heterocycles. The maximum Gasteiger partial charge on any atom is 0.237 e. The number of halogens is 1. The highest BCUT2D eigenvalue weighted by Gasteiger charge is 2.24. The molecule has 3 rings (SSSR count). The summed E-state index contributed by atoms with van der Waals surface area (Å²) >= 11 is 1.27. The second kappa shape index (κ2) is 10.7. The Hall–Kier alpha value is -3.11. The molecule has 33 heavy (non-hydrogen) atoms. The molecule has 1 N–H and O–H groups in total. The van der Waals surface area contributed by atoms with Crippen LogP contribution in [0.1, 0.15) is 25.7 Å². The van der Waals surface area contributed by atoms with Gasteiger partial charge in [-0.3, -0.25) is 14.3 Å². The Bertz CT molecular complexity index is 1080. The number of benzene rings is 2. The van der Waals surface area contributed by atoms with Crippen LogP contribution in [0.15, 0.2) is 47.6 Å². The minimum absolute atomic E-state index is 0.0507. The summed E-state index contributed by atoms with van der Waals surface area (Å²) < 4.78 is 25.9. The van der Waals surface area contributed by atoms with Crippen molar-refractivity contribution < 1.29 is 18.7 Å². The van der Waals surface area contributed by atoms with Gasteiger partial charge < -0.3 is 14.8 Å². The molecule has 0 aliphatic carbocycles. The molecule has 0 spiro atoms. The average molecular weight is 474 g/mol. The lowest BCUT2D eigenvalue weighted by Gasteiger charge is -2.21. The third-order valence-electron chi connectivity index (χ3n) is 5.16. The molecule has 2 unspecified atom stereocenters. The number of anilines is 1. The van der Waals surface area contributed by atoms with E-state index in [0.717, 1.165) is 5.69 Å². The Kier molecular flexibility index (Phi) is 7.93. The maximum atomic E-state index is 13.5. The average Bonchev–Trinajstić information content (AvgIpc) is 3.21. The van der Waals surface area contributed by atoms with Gasteiger partial charge in [-0.15, -0.1) is 10.2 Å². The van der Waals surface area contributed by atoms with Crippen molar-refractivity contribution in [2.45, 2.75) is 30.3 Å². The summed E-state index contributed by atoms with van der Waals surface area (Å²) in [6.07, 6.45) is 0. The van der Waals surface area contributed by atoms with E-state index in [1.807, 2.05) is 30.5 Å². The lowest BCUT2D eigenvalue weighted by atomic mass is 10.2. The van der Waals surface area contributed by atoms with Crippen LogP contribution < -0.4 is 14.8 Å². The first-order valence-corrected chi connectivity index (χ1v) is 11.2. The third-order valence-corrected chi connectivity index (χ3v) is 6.20. The predicted molar refractivity (Wildman–Crippen MR) is 127 cm³/mol. The molecule has 0 aliphatic heterocycles. The minimum Gasteiger partial charge on any atom is -0.497 e. The molecule has 0 aliphatic rings. The third kappa shape index (κ3) is 5.82. The number of thioether (sulfide) groups is 1. The van der Waals surface area contributed by atoms with Crippen LogP contribution in [0.25, 0.3) is 5.69 Å². The number of nitrogens with zero attached hydrogens (tertiary/aromatic N) is 4. The van der Waals surface area contributed by atoms with Gasteiger partial charge in [0.15, 0.2) is 11.0 Å². The maximum absolute atomic E-state index is 13.5. The van der Waals surface area contributed by atoms with Crippen molar-refractivity contribution >= 4 is 23.4 Å². The van der Waals surface area contributed by atoms with Crippen LogP contribution in [-0.4, -0.2) is 59.1 Å². The van der Waals surface area contributed by atoms with E-state index < -0.39 is 5.25 Å². The molecular weight excluding hydrogens is 445 g/mol. The lowest BCUT2D eigenvalue weighted by molar-refractivity contribution is -0.115. The van der Waals surface area contributed by atoms with Crippen molar-refractivity contribution in [3.05, 3.63) is 54.1 Å². The lowest BCUT2D eigenvalue weighted by Crippen LogP contribution is -2.23. The number of methoxy groups -OCH3 is 2. The molecule has 0 saturated heterocycles. The number of carbonyl (C=O) groups excluding carboxylic acids is 1. The number of amides is 1. The standard InChI is InChI=1S/C23H28FN5O3S/c1-14(28(3)4)21-26-27-23(29(21)18-9-7-16(24)8-10-18)33-15(2)22(30)25-17-11-19(31-5)13-20(12-17)32-6/h7-15H,1-6H3,(H,25,30). The van der Waals surface area contributed by atoms with E-state index in [1.54, 1.807) is 51.5 Å². The van der Waals surface area contributed by atoms with Crippen molar-refractivity contribution in [1.82, 2.24) is 19.7 Å². The van der Waals surface area contributed by atoms with Crippen LogP contribution in [0.3, 0.4) is 0 Å². The summed E-state index contributed by atoms with van der Waals surface area (Å²) in [6.45, 7) is 3.79. The Morgan fingerprint density at radius 1 is 1.06 bits per heavy atom. The van der Waals surface area contributed by atoms with Crippen molar-refractivity contribution in [2.24, 2.45) is 0 Å². The monoisotopic (exact) mass is 473 g/mol. The van der Waals surface area contributed by atoms with Gasteiger partial charge in [-0.1, -0.05) is 11.8 Å². The van der Waals surface area contributed by atoms with E-state index in [2.05, 4.69) is 15.5 Å². The van der Waals surface area contributed by atoms with E-state index in [-0.39, 0.29) is 17.8 Å². The first-order chi connectivity index (χ1) is 15.7. The fourth-order valence-electron chi connectivity index (χ4n) is 3.03. The molecular formula is C23H28FN5O3S. The minimum atomic E-state index is -0.492. The molecule has 176 valence electrons. The van der Waals surface area contributed by atoms with Gasteiger partial charge in [0, 0.05) is 29.6 Å². The molecule has 0 fully saturated rings. The molecule has 8 nitrogen and oxygen atoms in total. The number of rotatable bonds is 9. The number of ether oxygens (including phenoxy) is 2. The molecule has 2 atom stereocenters. The summed E-state index contributed by atoms with van der Waals surface area (Å²) in [5, 5.41) is 11.6. The molecule has 3 aromatic rings. The van der Waals surface area contributed by atoms with Crippen LogP contribution in [0.5, 0.6) is 11.5 Å². The van der Waals surface area contributed by atoms with Crippen molar-refractivity contribution in [2.75, 3.05) is 33.6 Å². The van der Waals surface area contributed by atoms with E-state index in [1.165, 1.54) is 23.9 Å². The van der Waals surface area contributed by atoms with Crippen LogP contribution in [0.2, 0.25) is 0 Å². The van der Waals surface area contributed by atoms with Gasteiger partial charge >= 0.3 is 0 Å². The SMILES string of the molecule is COc1cc(NC(=O)C(C)Sc2nnc(C(C)N(C)C)n2-c2ccc(F)cc2)cc(OC)c1. The fraction of sp³-hybridized carbons (Fsp3) is 0.348. The zero-order chi connectivity index (χ0) is 24.1. The van der Waals surface area contributed by atoms with Gasteiger partial charge in [0.2, 0.25) is 5.91 Å². The van der Waals surface area contributed by atoms with Gasteiger partial charge in [0.25, 0.3) is 0 Å². The van der Waals surface area contributed by atoms with Crippen molar-refractivity contribution in [3.63, 3.8) is 0 Å². The van der Waals surface area contributed by atoms with Crippen LogP contribution in [0, 0.1) is 5.82 Å². The van der Waals surface area contributed by atoms with E-state index >= 15 is 0 Å². The number of nitrogens with one attached hydrogen (secondary N) is 1. The molecule has 0 radical (unpaired) electrons. The summed E-state index contributed by atoms with van der Waals surface area (Å²) in [5.41, 5.74) is 1.28. The van der Waals surface area contributed by atoms with Gasteiger partial charge in [-0.25, -0.2) is 4.39 Å². The molecule has 1 heterocycles. The summed E-state index contributed by atoms with van der Waals surface area (Å²) in [5.74, 6) is 1.29. The van der Waals surface area contributed by atoms with E-state index in [0.29, 0.717) is 28.2 Å². The normalized spacial score (nSPS) is 13.0. The zero-order valence-electron chi connectivity index (χ0n) is 19.5.